The summed E-state index contributed by atoms with van der Waals surface area (Å²) in [6, 6.07) is 24.0. The van der Waals surface area contributed by atoms with E-state index in [1.165, 1.54) is 12.1 Å². The lowest BCUT2D eigenvalue weighted by Gasteiger charge is -2.16. The first-order valence-electron chi connectivity index (χ1n) is 9.17. The van der Waals surface area contributed by atoms with Gasteiger partial charge < -0.3 is 10.1 Å². The molecular formula is C24H18Cl2FNO. The van der Waals surface area contributed by atoms with E-state index in [0.717, 1.165) is 33.3 Å². The van der Waals surface area contributed by atoms with Crippen LogP contribution in [0, 0.1) is 5.82 Å². The Morgan fingerprint density at radius 3 is 2.45 bits per heavy atom. The van der Waals surface area contributed by atoms with Crippen LogP contribution in [0.5, 0.6) is 5.75 Å². The minimum absolute atomic E-state index is 0.255. The van der Waals surface area contributed by atoms with Gasteiger partial charge in [0.05, 0.1) is 5.02 Å². The number of hydrogen-bond acceptors (Lipinski definition) is 2. The molecule has 0 radical (unpaired) electrons. The van der Waals surface area contributed by atoms with Gasteiger partial charge in [-0.2, -0.15) is 0 Å². The van der Waals surface area contributed by atoms with Crippen molar-refractivity contribution in [3.63, 3.8) is 0 Å². The van der Waals surface area contributed by atoms with Crippen LogP contribution in [0.3, 0.4) is 0 Å². The number of ether oxygens (including phenoxy) is 1. The minimum Gasteiger partial charge on any atom is -0.488 e. The molecule has 0 saturated carbocycles. The Morgan fingerprint density at radius 2 is 1.66 bits per heavy atom. The molecule has 0 aliphatic heterocycles. The monoisotopic (exact) mass is 425 g/mol. The highest BCUT2D eigenvalue weighted by Gasteiger charge is 2.11. The Labute approximate surface area is 178 Å². The molecule has 2 nitrogen and oxygen atoms in total. The van der Waals surface area contributed by atoms with Crippen molar-refractivity contribution in [2.75, 3.05) is 5.32 Å². The van der Waals surface area contributed by atoms with Crippen molar-refractivity contribution in [2.24, 2.45) is 0 Å². The average Bonchev–Trinajstić information content (AvgIpc) is 2.73. The third-order valence-corrected chi connectivity index (χ3v) is 5.31. The molecule has 0 atom stereocenters. The Morgan fingerprint density at radius 1 is 0.862 bits per heavy atom. The van der Waals surface area contributed by atoms with Crippen molar-refractivity contribution in [2.45, 2.75) is 13.2 Å². The molecule has 146 valence electrons. The maximum absolute atomic E-state index is 13.3. The number of fused-ring (bicyclic) bond motifs is 1. The van der Waals surface area contributed by atoms with E-state index in [1.807, 2.05) is 48.5 Å². The molecule has 5 heteroatoms. The van der Waals surface area contributed by atoms with Crippen LogP contribution in [-0.2, 0) is 13.2 Å². The van der Waals surface area contributed by atoms with Gasteiger partial charge in [0.1, 0.15) is 18.2 Å². The molecule has 0 saturated heterocycles. The second-order valence-corrected chi connectivity index (χ2v) is 7.49. The maximum Gasteiger partial charge on any atom is 0.125 e. The van der Waals surface area contributed by atoms with Crippen molar-refractivity contribution in [3.05, 3.63) is 106 Å². The third-order valence-electron chi connectivity index (χ3n) is 4.71. The minimum atomic E-state index is -0.364. The normalized spacial score (nSPS) is 10.9. The van der Waals surface area contributed by atoms with E-state index in [9.17, 15) is 4.39 Å². The number of nitrogens with one attached hydrogen (secondary N) is 1. The van der Waals surface area contributed by atoms with E-state index in [-0.39, 0.29) is 12.4 Å². The molecule has 0 aliphatic carbocycles. The zero-order chi connectivity index (χ0) is 20.2. The summed E-state index contributed by atoms with van der Waals surface area (Å²) in [4.78, 5) is 0. The van der Waals surface area contributed by atoms with E-state index in [4.69, 9.17) is 27.9 Å². The Kier molecular flexibility index (Phi) is 5.89. The van der Waals surface area contributed by atoms with Gasteiger partial charge >= 0.3 is 0 Å². The van der Waals surface area contributed by atoms with Gasteiger partial charge in [-0.05, 0) is 53.2 Å². The highest BCUT2D eigenvalue weighted by atomic mass is 35.5. The summed E-state index contributed by atoms with van der Waals surface area (Å²) in [6.45, 7) is 0.834. The smallest absolute Gasteiger partial charge is 0.125 e. The summed E-state index contributed by atoms with van der Waals surface area (Å²) in [7, 11) is 0. The summed E-state index contributed by atoms with van der Waals surface area (Å²) in [6.07, 6.45) is 0. The average molecular weight is 426 g/mol. The van der Waals surface area contributed by atoms with Crippen molar-refractivity contribution in [1.29, 1.82) is 0 Å². The van der Waals surface area contributed by atoms with Crippen LogP contribution in [0.2, 0.25) is 10.0 Å². The third kappa shape index (κ3) is 4.64. The summed E-state index contributed by atoms with van der Waals surface area (Å²) in [5, 5.41) is 6.71. The van der Waals surface area contributed by atoms with E-state index in [2.05, 4.69) is 17.4 Å². The first kappa shape index (κ1) is 19.6. The number of benzene rings is 4. The number of anilines is 1. The SMILES string of the molecule is Fc1ccc(COc2ccc3ccccc3c2CNc2ccc(Cl)cc2)c(Cl)c1. The van der Waals surface area contributed by atoms with E-state index >= 15 is 0 Å². The molecule has 0 spiro atoms. The summed E-state index contributed by atoms with van der Waals surface area (Å²) in [5.74, 6) is 0.392. The zero-order valence-electron chi connectivity index (χ0n) is 15.5. The molecule has 0 aliphatic rings. The molecule has 0 aromatic heterocycles. The van der Waals surface area contributed by atoms with E-state index < -0.39 is 0 Å². The van der Waals surface area contributed by atoms with Crippen LogP contribution in [0.15, 0.2) is 78.9 Å². The fourth-order valence-electron chi connectivity index (χ4n) is 3.19. The van der Waals surface area contributed by atoms with Gasteiger partial charge in [-0.3, -0.25) is 0 Å². The van der Waals surface area contributed by atoms with Crippen LogP contribution in [0.4, 0.5) is 10.1 Å². The van der Waals surface area contributed by atoms with Gasteiger partial charge in [0.25, 0.3) is 0 Å². The highest BCUT2D eigenvalue weighted by molar-refractivity contribution is 6.31. The van der Waals surface area contributed by atoms with Crippen molar-refractivity contribution < 1.29 is 9.13 Å². The largest absolute Gasteiger partial charge is 0.488 e. The second-order valence-electron chi connectivity index (χ2n) is 6.65. The standard InChI is InChI=1S/C24H18Cl2FNO/c25-18-7-10-20(11-8-18)28-14-22-21-4-2-1-3-16(21)6-12-24(22)29-15-17-5-9-19(27)13-23(17)26/h1-13,28H,14-15H2. The lowest BCUT2D eigenvalue weighted by Crippen LogP contribution is -2.05. The molecule has 4 aromatic rings. The quantitative estimate of drug-likeness (QED) is 0.345. The number of halogens is 3. The Balaban J connectivity index is 1.62. The fourth-order valence-corrected chi connectivity index (χ4v) is 3.53. The van der Waals surface area contributed by atoms with Crippen molar-refractivity contribution in [1.82, 2.24) is 0 Å². The lowest BCUT2D eigenvalue weighted by atomic mass is 10.0. The Bertz CT molecular complexity index is 1150. The fraction of sp³-hybridized carbons (Fsp3) is 0.0833. The molecular weight excluding hydrogens is 408 g/mol. The molecule has 0 unspecified atom stereocenters. The molecule has 1 N–H and O–H groups in total. The predicted octanol–water partition coefficient (Wildman–Crippen LogP) is 7.48. The molecule has 4 aromatic carbocycles. The molecule has 29 heavy (non-hydrogen) atoms. The number of hydrogen-bond donors (Lipinski definition) is 1. The molecule has 0 fully saturated rings. The van der Waals surface area contributed by atoms with Crippen LogP contribution in [0.1, 0.15) is 11.1 Å². The molecule has 0 amide bonds. The summed E-state index contributed by atoms with van der Waals surface area (Å²) < 4.78 is 19.4. The Hall–Kier alpha value is -2.75. The first-order chi connectivity index (χ1) is 14.1. The van der Waals surface area contributed by atoms with E-state index in [1.54, 1.807) is 6.07 Å². The van der Waals surface area contributed by atoms with Crippen molar-refractivity contribution >= 4 is 39.7 Å². The van der Waals surface area contributed by atoms with Crippen molar-refractivity contribution in [3.8, 4) is 5.75 Å². The van der Waals surface area contributed by atoms with Gasteiger partial charge in [-0.1, -0.05) is 59.6 Å². The zero-order valence-corrected chi connectivity index (χ0v) is 17.0. The molecule has 0 heterocycles. The van der Waals surface area contributed by atoms with Crippen LogP contribution < -0.4 is 10.1 Å². The highest BCUT2D eigenvalue weighted by Crippen LogP contribution is 2.30. The second kappa shape index (κ2) is 8.73. The van der Waals surface area contributed by atoms with Gasteiger partial charge in [-0.15, -0.1) is 0 Å². The topological polar surface area (TPSA) is 21.3 Å². The van der Waals surface area contributed by atoms with Gasteiger partial charge in [0.15, 0.2) is 0 Å². The van der Waals surface area contributed by atoms with Gasteiger partial charge in [-0.25, -0.2) is 4.39 Å². The van der Waals surface area contributed by atoms with Gasteiger partial charge in [0.2, 0.25) is 0 Å². The van der Waals surface area contributed by atoms with E-state index in [0.29, 0.717) is 16.6 Å². The molecule has 4 rings (SSSR count). The summed E-state index contributed by atoms with van der Waals surface area (Å²) >= 11 is 12.1. The van der Waals surface area contributed by atoms with Crippen LogP contribution in [-0.4, -0.2) is 0 Å². The first-order valence-corrected chi connectivity index (χ1v) is 9.92. The number of rotatable bonds is 6. The lowest BCUT2D eigenvalue weighted by molar-refractivity contribution is 0.304. The van der Waals surface area contributed by atoms with Crippen LogP contribution >= 0.6 is 23.2 Å². The van der Waals surface area contributed by atoms with Crippen LogP contribution in [0.25, 0.3) is 10.8 Å². The maximum atomic E-state index is 13.3. The molecule has 0 bridgehead atoms. The predicted molar refractivity (Wildman–Crippen MR) is 118 cm³/mol. The summed E-state index contributed by atoms with van der Waals surface area (Å²) in [5.41, 5.74) is 2.74. The van der Waals surface area contributed by atoms with Gasteiger partial charge in [0, 0.05) is 28.4 Å².